The van der Waals surface area contributed by atoms with Crippen molar-refractivity contribution < 1.29 is 14.7 Å². The fourth-order valence-corrected chi connectivity index (χ4v) is 4.99. The van der Waals surface area contributed by atoms with Crippen LogP contribution in [0.1, 0.15) is 67.8 Å². The fraction of sp³-hybridized carbons (Fsp3) is 0.619. The summed E-state index contributed by atoms with van der Waals surface area (Å²) in [6, 6.07) is 5.88. The number of benzene rings is 1. The maximum absolute atomic E-state index is 13.0. The van der Waals surface area contributed by atoms with E-state index in [-0.39, 0.29) is 23.3 Å². The second-order valence-electron chi connectivity index (χ2n) is 8.20. The van der Waals surface area contributed by atoms with Crippen molar-refractivity contribution in [2.45, 2.75) is 63.4 Å². The van der Waals surface area contributed by atoms with Gasteiger partial charge in [0.15, 0.2) is 0 Å². The van der Waals surface area contributed by atoms with Crippen LogP contribution in [0.2, 0.25) is 0 Å². The lowest BCUT2D eigenvalue weighted by Crippen LogP contribution is -2.40. The molecule has 3 aliphatic rings. The predicted molar refractivity (Wildman–Crippen MR) is 100 cm³/mol. The minimum absolute atomic E-state index is 0.0215. The van der Waals surface area contributed by atoms with E-state index in [1.54, 1.807) is 6.92 Å². The van der Waals surface area contributed by atoms with Crippen LogP contribution in [0.3, 0.4) is 0 Å². The van der Waals surface area contributed by atoms with E-state index in [4.69, 9.17) is 0 Å². The van der Waals surface area contributed by atoms with Crippen molar-refractivity contribution in [3.05, 3.63) is 29.3 Å². The standard InChI is InChI=1S/C21H28N2O3/c1-15(24)23-14-21(9-3-2-4-10-21)18-13-16(5-6-19(18)23)20(26)22-11-7-17(25)8-12-22/h5-6,13,17,25H,2-4,7-12,14H2,1H3. The summed E-state index contributed by atoms with van der Waals surface area (Å²) in [4.78, 5) is 28.9. The van der Waals surface area contributed by atoms with Gasteiger partial charge in [-0.1, -0.05) is 19.3 Å². The van der Waals surface area contributed by atoms with Gasteiger partial charge in [0.05, 0.1) is 6.10 Å². The first-order valence-corrected chi connectivity index (χ1v) is 9.90. The van der Waals surface area contributed by atoms with Gasteiger partial charge in [-0.25, -0.2) is 0 Å². The van der Waals surface area contributed by atoms with Gasteiger partial charge in [0, 0.05) is 43.2 Å². The minimum Gasteiger partial charge on any atom is -0.393 e. The molecule has 2 fully saturated rings. The first kappa shape index (κ1) is 17.5. The summed E-state index contributed by atoms with van der Waals surface area (Å²) in [5.74, 6) is 0.129. The number of rotatable bonds is 1. The zero-order valence-corrected chi connectivity index (χ0v) is 15.5. The molecule has 1 spiro atoms. The van der Waals surface area contributed by atoms with Gasteiger partial charge < -0.3 is 14.9 Å². The van der Waals surface area contributed by atoms with Crippen molar-refractivity contribution in [2.24, 2.45) is 0 Å². The zero-order chi connectivity index (χ0) is 18.3. The number of fused-ring (bicyclic) bond motifs is 2. The molecule has 0 radical (unpaired) electrons. The minimum atomic E-state index is -0.284. The Balaban J connectivity index is 1.67. The fourth-order valence-electron chi connectivity index (χ4n) is 4.99. The Morgan fingerprint density at radius 1 is 1.12 bits per heavy atom. The molecule has 1 aromatic carbocycles. The second-order valence-corrected chi connectivity index (χ2v) is 8.20. The van der Waals surface area contributed by atoms with Crippen LogP contribution in [0.4, 0.5) is 5.69 Å². The third-order valence-corrected chi connectivity index (χ3v) is 6.51. The largest absolute Gasteiger partial charge is 0.393 e. The normalized spacial score (nSPS) is 22.5. The zero-order valence-electron chi connectivity index (χ0n) is 15.5. The van der Waals surface area contributed by atoms with Crippen molar-refractivity contribution >= 4 is 17.5 Å². The Morgan fingerprint density at radius 2 is 1.81 bits per heavy atom. The van der Waals surface area contributed by atoms with E-state index in [9.17, 15) is 14.7 Å². The van der Waals surface area contributed by atoms with Crippen molar-refractivity contribution in [3.63, 3.8) is 0 Å². The molecule has 0 bridgehead atoms. The lowest BCUT2D eigenvalue weighted by molar-refractivity contribution is -0.116. The Morgan fingerprint density at radius 3 is 2.46 bits per heavy atom. The summed E-state index contributed by atoms with van der Waals surface area (Å²) < 4.78 is 0. The first-order valence-electron chi connectivity index (χ1n) is 9.90. The molecule has 0 unspecified atom stereocenters. The number of hydrogen-bond acceptors (Lipinski definition) is 3. The average Bonchev–Trinajstić information content (AvgIpc) is 2.96. The highest BCUT2D eigenvalue weighted by Gasteiger charge is 2.44. The van der Waals surface area contributed by atoms with Crippen LogP contribution in [0.25, 0.3) is 0 Å². The smallest absolute Gasteiger partial charge is 0.253 e. The molecular formula is C21H28N2O3. The molecule has 1 aliphatic carbocycles. The first-order chi connectivity index (χ1) is 12.5. The van der Waals surface area contributed by atoms with E-state index in [0.717, 1.165) is 30.6 Å². The van der Waals surface area contributed by atoms with E-state index in [0.29, 0.717) is 25.9 Å². The third kappa shape index (κ3) is 2.92. The molecule has 1 saturated heterocycles. The molecule has 1 N–H and O–H groups in total. The quantitative estimate of drug-likeness (QED) is 0.842. The second kappa shape index (κ2) is 6.69. The summed E-state index contributed by atoms with van der Waals surface area (Å²) >= 11 is 0. The van der Waals surface area contributed by atoms with E-state index >= 15 is 0 Å². The molecular weight excluding hydrogens is 328 g/mol. The number of carbonyl (C=O) groups is 2. The number of aliphatic hydroxyl groups is 1. The lowest BCUT2D eigenvalue weighted by atomic mass is 9.70. The highest BCUT2D eigenvalue weighted by molar-refractivity contribution is 5.98. The maximum atomic E-state index is 13.0. The van der Waals surface area contributed by atoms with Gasteiger partial charge in [-0.2, -0.15) is 0 Å². The van der Waals surface area contributed by atoms with Crippen LogP contribution in [-0.4, -0.2) is 47.6 Å². The van der Waals surface area contributed by atoms with Gasteiger partial charge in [0.2, 0.25) is 5.91 Å². The molecule has 5 heteroatoms. The number of likely N-dealkylation sites (tertiary alicyclic amines) is 1. The SMILES string of the molecule is CC(=O)N1CC2(CCCCC2)c2cc(C(=O)N3CCC(O)CC3)ccc21. The summed E-state index contributed by atoms with van der Waals surface area (Å²) in [5, 5.41) is 9.68. The molecule has 2 aliphatic heterocycles. The molecule has 1 saturated carbocycles. The maximum Gasteiger partial charge on any atom is 0.253 e. The van der Waals surface area contributed by atoms with Crippen molar-refractivity contribution in [3.8, 4) is 0 Å². The van der Waals surface area contributed by atoms with Gasteiger partial charge in [-0.05, 0) is 49.4 Å². The van der Waals surface area contributed by atoms with Crippen molar-refractivity contribution in [2.75, 3.05) is 24.5 Å². The Kier molecular flexibility index (Phi) is 4.51. The lowest BCUT2D eigenvalue weighted by Gasteiger charge is -2.34. The molecule has 4 rings (SSSR count). The van der Waals surface area contributed by atoms with Crippen LogP contribution < -0.4 is 4.90 Å². The van der Waals surface area contributed by atoms with Crippen LogP contribution in [0.5, 0.6) is 0 Å². The molecule has 0 atom stereocenters. The van der Waals surface area contributed by atoms with Crippen LogP contribution in [-0.2, 0) is 10.2 Å². The molecule has 140 valence electrons. The van der Waals surface area contributed by atoms with E-state index in [2.05, 4.69) is 6.07 Å². The summed E-state index contributed by atoms with van der Waals surface area (Å²) in [6.45, 7) is 3.61. The third-order valence-electron chi connectivity index (χ3n) is 6.51. The van der Waals surface area contributed by atoms with Gasteiger partial charge in [0.1, 0.15) is 0 Å². The molecule has 2 heterocycles. The topological polar surface area (TPSA) is 60.9 Å². The van der Waals surface area contributed by atoms with Crippen LogP contribution in [0, 0.1) is 0 Å². The number of anilines is 1. The number of amides is 2. The van der Waals surface area contributed by atoms with Gasteiger partial charge in [-0.15, -0.1) is 0 Å². The molecule has 26 heavy (non-hydrogen) atoms. The van der Waals surface area contributed by atoms with Crippen molar-refractivity contribution in [1.29, 1.82) is 0 Å². The molecule has 1 aromatic rings. The average molecular weight is 356 g/mol. The highest BCUT2D eigenvalue weighted by Crippen LogP contribution is 2.49. The summed E-state index contributed by atoms with van der Waals surface area (Å²) in [5.41, 5.74) is 2.92. The van der Waals surface area contributed by atoms with Crippen molar-refractivity contribution in [1.82, 2.24) is 4.90 Å². The van der Waals surface area contributed by atoms with E-state index in [1.165, 1.54) is 24.8 Å². The number of piperidine rings is 1. The number of aliphatic hydroxyl groups excluding tert-OH is 1. The van der Waals surface area contributed by atoms with Crippen LogP contribution >= 0.6 is 0 Å². The number of carbonyl (C=O) groups excluding carboxylic acids is 2. The Labute approximate surface area is 155 Å². The van der Waals surface area contributed by atoms with Gasteiger partial charge in [0.25, 0.3) is 5.91 Å². The monoisotopic (exact) mass is 356 g/mol. The number of nitrogens with zero attached hydrogens (tertiary/aromatic N) is 2. The predicted octanol–water partition coefficient (Wildman–Crippen LogP) is 2.85. The highest BCUT2D eigenvalue weighted by atomic mass is 16.3. The Hall–Kier alpha value is -1.88. The van der Waals surface area contributed by atoms with E-state index < -0.39 is 0 Å². The molecule has 0 aromatic heterocycles. The van der Waals surface area contributed by atoms with Gasteiger partial charge >= 0.3 is 0 Å². The Bertz CT molecular complexity index is 716. The molecule has 2 amide bonds. The summed E-state index contributed by atoms with van der Waals surface area (Å²) in [6.07, 6.45) is 6.84. The number of hydrogen-bond donors (Lipinski definition) is 1. The van der Waals surface area contributed by atoms with Crippen LogP contribution in [0.15, 0.2) is 18.2 Å². The summed E-state index contributed by atoms with van der Waals surface area (Å²) in [7, 11) is 0. The molecule has 5 nitrogen and oxygen atoms in total. The van der Waals surface area contributed by atoms with E-state index in [1.807, 2.05) is 21.9 Å². The van der Waals surface area contributed by atoms with Gasteiger partial charge in [-0.3, -0.25) is 9.59 Å².